The molecule has 3 rings (SSSR count). The van der Waals surface area contributed by atoms with Crippen LogP contribution in [0.1, 0.15) is 0 Å². The van der Waals surface area contributed by atoms with Gasteiger partial charge in [0, 0.05) is 6.07 Å². The number of rotatable bonds is 4. The molecule has 1 heterocycles. The zero-order valence-corrected chi connectivity index (χ0v) is 16.7. The summed E-state index contributed by atoms with van der Waals surface area (Å²) in [5.41, 5.74) is 5.41. The van der Waals surface area contributed by atoms with E-state index in [9.17, 15) is 13.2 Å². The first-order valence-corrected chi connectivity index (χ1v) is 8.24. The van der Waals surface area contributed by atoms with Gasteiger partial charge in [0.05, 0.1) is 18.1 Å². The van der Waals surface area contributed by atoms with E-state index in [1.54, 1.807) is 6.07 Å². The Morgan fingerprint density at radius 3 is 2.58 bits per heavy atom. The molecule has 8 nitrogen and oxygen atoms in total. The zero-order chi connectivity index (χ0) is 18.2. The normalized spacial score (nSPS) is 11.0. The number of fused-ring (bicyclic) bond motifs is 1. The SMILES string of the molecule is COc1ccc2c(=O)c(-c3cc[c-]c(N)c3)c(OS(=O)(=O)O)oc2c1.[Na+]. The molecule has 0 aliphatic heterocycles. The molecule has 10 heteroatoms. The predicted molar refractivity (Wildman–Crippen MR) is 89.9 cm³/mol. The van der Waals surface area contributed by atoms with Gasteiger partial charge in [-0.3, -0.25) is 9.35 Å². The van der Waals surface area contributed by atoms with Gasteiger partial charge < -0.3 is 19.1 Å². The van der Waals surface area contributed by atoms with Gasteiger partial charge in [-0.1, -0.05) is 5.69 Å². The molecule has 0 fully saturated rings. The van der Waals surface area contributed by atoms with Crippen molar-refractivity contribution in [1.82, 2.24) is 0 Å². The molecule has 0 atom stereocenters. The number of benzene rings is 2. The van der Waals surface area contributed by atoms with E-state index in [2.05, 4.69) is 10.2 Å². The largest absolute Gasteiger partial charge is 1.00 e. The third-order valence-corrected chi connectivity index (χ3v) is 3.72. The number of nitrogens with two attached hydrogens (primary N) is 1. The van der Waals surface area contributed by atoms with Crippen molar-refractivity contribution in [2.75, 3.05) is 12.8 Å². The molecule has 0 amide bonds. The van der Waals surface area contributed by atoms with E-state index < -0.39 is 21.8 Å². The maximum absolute atomic E-state index is 12.8. The quantitative estimate of drug-likeness (QED) is 0.254. The Hall–Kier alpha value is -2.04. The average Bonchev–Trinajstić information content (AvgIpc) is 2.53. The van der Waals surface area contributed by atoms with Crippen LogP contribution in [0.3, 0.4) is 0 Å². The van der Waals surface area contributed by atoms with Gasteiger partial charge in [-0.2, -0.15) is 26.6 Å². The van der Waals surface area contributed by atoms with E-state index in [1.807, 2.05) is 0 Å². The van der Waals surface area contributed by atoms with E-state index in [0.29, 0.717) is 5.75 Å². The van der Waals surface area contributed by atoms with E-state index >= 15 is 0 Å². The molecule has 0 saturated heterocycles. The summed E-state index contributed by atoms with van der Waals surface area (Å²) in [6.45, 7) is 0. The van der Waals surface area contributed by atoms with E-state index in [0.717, 1.165) is 0 Å². The third kappa shape index (κ3) is 4.19. The Balaban J connectivity index is 0.00000243. The van der Waals surface area contributed by atoms with Gasteiger partial charge in [-0.05, 0) is 12.1 Å². The molecule has 0 saturated carbocycles. The minimum absolute atomic E-state index is 0. The van der Waals surface area contributed by atoms with Crippen LogP contribution >= 0.6 is 0 Å². The number of methoxy groups -OCH3 is 1. The van der Waals surface area contributed by atoms with Crippen molar-refractivity contribution in [2.45, 2.75) is 0 Å². The van der Waals surface area contributed by atoms with Crippen LogP contribution in [-0.2, 0) is 10.4 Å². The first-order valence-electron chi connectivity index (χ1n) is 6.88. The van der Waals surface area contributed by atoms with Gasteiger partial charge in [-0.15, -0.1) is 11.6 Å². The molecule has 0 aliphatic rings. The summed E-state index contributed by atoms with van der Waals surface area (Å²) >= 11 is 0. The second-order valence-corrected chi connectivity index (χ2v) is 6.02. The van der Waals surface area contributed by atoms with E-state index in [4.69, 9.17) is 19.4 Å². The molecule has 1 aromatic heterocycles. The number of nitrogen functional groups attached to an aromatic ring is 1. The summed E-state index contributed by atoms with van der Waals surface area (Å²) in [6, 6.07) is 11.5. The van der Waals surface area contributed by atoms with Gasteiger partial charge >= 0.3 is 45.9 Å². The van der Waals surface area contributed by atoms with Crippen LogP contribution in [0.4, 0.5) is 5.69 Å². The van der Waals surface area contributed by atoms with Crippen LogP contribution in [0.25, 0.3) is 22.1 Å². The zero-order valence-electron chi connectivity index (χ0n) is 13.8. The summed E-state index contributed by atoms with van der Waals surface area (Å²) in [7, 11) is -3.50. The van der Waals surface area contributed by atoms with Gasteiger partial charge in [-0.25, -0.2) is 0 Å². The molecule has 130 valence electrons. The fourth-order valence-corrected chi connectivity index (χ4v) is 2.63. The number of hydrogen-bond acceptors (Lipinski definition) is 7. The molecule has 0 bridgehead atoms. The van der Waals surface area contributed by atoms with Gasteiger partial charge in [0.15, 0.2) is 0 Å². The van der Waals surface area contributed by atoms with Gasteiger partial charge in [0.25, 0.3) is 0 Å². The molecule has 26 heavy (non-hydrogen) atoms. The predicted octanol–water partition coefficient (Wildman–Crippen LogP) is -0.963. The summed E-state index contributed by atoms with van der Waals surface area (Å²) in [5, 5.41) is 0.171. The Labute approximate surface area is 170 Å². The van der Waals surface area contributed by atoms with Crippen LogP contribution in [0, 0.1) is 6.07 Å². The Morgan fingerprint density at radius 2 is 1.96 bits per heavy atom. The van der Waals surface area contributed by atoms with Crippen molar-refractivity contribution in [3.8, 4) is 22.8 Å². The topological polar surface area (TPSA) is 129 Å². The van der Waals surface area contributed by atoms with E-state index in [-0.39, 0.29) is 57.3 Å². The number of hydrogen-bond donors (Lipinski definition) is 2. The summed E-state index contributed by atoms with van der Waals surface area (Å²) in [6.07, 6.45) is 0. The smallest absolute Gasteiger partial charge is 0.497 e. The molecule has 0 spiro atoms. The van der Waals surface area contributed by atoms with Crippen molar-refractivity contribution in [2.24, 2.45) is 0 Å². The van der Waals surface area contributed by atoms with Crippen molar-refractivity contribution >= 4 is 27.1 Å². The van der Waals surface area contributed by atoms with Gasteiger partial charge in [0.2, 0.25) is 5.43 Å². The second-order valence-electron chi connectivity index (χ2n) is 5.00. The summed E-state index contributed by atoms with van der Waals surface area (Å²) in [4.78, 5) is 12.8. The van der Waals surface area contributed by atoms with Crippen molar-refractivity contribution < 1.29 is 55.9 Å². The maximum atomic E-state index is 12.8. The maximum Gasteiger partial charge on any atom is 1.00 e. The van der Waals surface area contributed by atoms with Gasteiger partial charge in [0.1, 0.15) is 11.3 Å². The molecule has 0 aliphatic carbocycles. The van der Waals surface area contributed by atoms with Crippen LogP contribution in [0.2, 0.25) is 0 Å². The van der Waals surface area contributed by atoms with Crippen molar-refractivity contribution in [1.29, 1.82) is 0 Å². The molecule has 0 unspecified atom stereocenters. The monoisotopic (exact) mass is 385 g/mol. The molecular formula is C16H12NNaO7S. The Kier molecular flexibility index (Phi) is 5.99. The van der Waals surface area contributed by atoms with E-state index in [1.165, 1.54) is 37.4 Å². The summed E-state index contributed by atoms with van der Waals surface area (Å²) in [5.74, 6) is -0.293. The fraction of sp³-hybridized carbons (Fsp3) is 0.0625. The van der Waals surface area contributed by atoms with Crippen LogP contribution in [0.15, 0.2) is 45.6 Å². The Morgan fingerprint density at radius 1 is 1.23 bits per heavy atom. The molecule has 3 N–H and O–H groups in total. The number of ether oxygens (including phenoxy) is 1. The number of anilines is 1. The minimum atomic E-state index is -4.92. The Bertz CT molecular complexity index is 1130. The molecular weight excluding hydrogens is 373 g/mol. The van der Waals surface area contributed by atoms with Crippen LogP contribution < -0.4 is 49.6 Å². The fourth-order valence-electron chi connectivity index (χ4n) is 2.32. The van der Waals surface area contributed by atoms with Crippen molar-refractivity contribution in [3.63, 3.8) is 0 Å². The minimum Gasteiger partial charge on any atom is -0.497 e. The van der Waals surface area contributed by atoms with Crippen molar-refractivity contribution in [3.05, 3.63) is 52.7 Å². The van der Waals surface area contributed by atoms with Crippen LogP contribution in [-0.4, -0.2) is 20.1 Å². The first-order chi connectivity index (χ1) is 11.8. The second kappa shape index (κ2) is 7.68. The van der Waals surface area contributed by atoms with Crippen LogP contribution in [0.5, 0.6) is 11.7 Å². The molecule has 0 radical (unpaired) electrons. The molecule has 3 aromatic rings. The first kappa shape index (κ1) is 20.3. The summed E-state index contributed by atoms with van der Waals surface area (Å²) < 4.78 is 46.2. The standard InChI is InChI=1S/C16H12NO7S.Na/c1-22-11-5-6-12-13(8-11)23-16(24-25(19,20)21)14(15(12)18)9-3-2-4-10(17)7-9;/h2-3,5-8H,17H2,1H3,(H,19,20,21);/q-1;+1. The third-order valence-electron chi connectivity index (χ3n) is 3.36. The average molecular weight is 385 g/mol. The molecule has 2 aromatic carbocycles.